The number of fused-ring (bicyclic) bond motifs is 1. The molecule has 1 heterocycles. The lowest BCUT2D eigenvalue weighted by molar-refractivity contribution is 0.0594. The molecule has 1 aromatic heterocycles. The Labute approximate surface area is 134 Å². The van der Waals surface area contributed by atoms with Crippen LogP contribution in [-0.4, -0.2) is 24.7 Å². The molecule has 0 N–H and O–H groups in total. The SMILES string of the molecule is COC(=O)c1cc(OCCc2ccccc2)c2ccccc2n1. The van der Waals surface area contributed by atoms with Crippen molar-refractivity contribution in [3.63, 3.8) is 0 Å². The molecule has 0 aliphatic carbocycles. The van der Waals surface area contributed by atoms with Gasteiger partial charge in [-0.2, -0.15) is 0 Å². The molecule has 0 fully saturated rings. The normalized spacial score (nSPS) is 10.5. The molecule has 0 atom stereocenters. The van der Waals surface area contributed by atoms with Gasteiger partial charge in [-0.1, -0.05) is 42.5 Å². The zero-order valence-corrected chi connectivity index (χ0v) is 12.9. The molecule has 4 nitrogen and oxygen atoms in total. The summed E-state index contributed by atoms with van der Waals surface area (Å²) in [6.07, 6.45) is 0.797. The molecule has 0 unspecified atom stereocenters. The maximum atomic E-state index is 11.8. The summed E-state index contributed by atoms with van der Waals surface area (Å²) in [6.45, 7) is 0.526. The Kier molecular flexibility index (Phi) is 4.52. The van der Waals surface area contributed by atoms with Crippen molar-refractivity contribution in [1.82, 2.24) is 4.98 Å². The minimum Gasteiger partial charge on any atom is -0.492 e. The standard InChI is InChI=1S/C19H17NO3/c1-22-19(21)17-13-18(15-9-5-6-10-16(15)20-17)23-12-11-14-7-3-2-4-8-14/h2-10,13H,11-12H2,1H3. The summed E-state index contributed by atoms with van der Waals surface area (Å²) in [5, 5.41) is 0.883. The molecule has 0 saturated carbocycles. The number of carbonyl (C=O) groups excluding carboxylic acids is 1. The fraction of sp³-hybridized carbons (Fsp3) is 0.158. The smallest absolute Gasteiger partial charge is 0.356 e. The molecular weight excluding hydrogens is 290 g/mol. The third-order valence-electron chi connectivity index (χ3n) is 3.56. The van der Waals surface area contributed by atoms with Gasteiger partial charge in [-0.25, -0.2) is 9.78 Å². The highest BCUT2D eigenvalue weighted by atomic mass is 16.5. The number of hydrogen-bond donors (Lipinski definition) is 0. The van der Waals surface area contributed by atoms with Gasteiger partial charge in [0.1, 0.15) is 5.75 Å². The lowest BCUT2D eigenvalue weighted by atomic mass is 10.1. The van der Waals surface area contributed by atoms with E-state index >= 15 is 0 Å². The molecule has 3 aromatic rings. The zero-order valence-electron chi connectivity index (χ0n) is 12.9. The van der Waals surface area contributed by atoms with Gasteiger partial charge in [-0.3, -0.25) is 0 Å². The van der Waals surface area contributed by atoms with E-state index in [1.54, 1.807) is 6.07 Å². The first kappa shape index (κ1) is 15.0. The second-order valence-corrected chi connectivity index (χ2v) is 5.10. The van der Waals surface area contributed by atoms with Crippen molar-refractivity contribution >= 4 is 16.9 Å². The van der Waals surface area contributed by atoms with E-state index < -0.39 is 5.97 Å². The molecule has 0 spiro atoms. The third kappa shape index (κ3) is 3.48. The number of pyridine rings is 1. The number of benzene rings is 2. The summed E-state index contributed by atoms with van der Waals surface area (Å²) in [5.74, 6) is 0.176. The molecule has 116 valence electrons. The highest BCUT2D eigenvalue weighted by molar-refractivity contribution is 5.93. The first-order chi connectivity index (χ1) is 11.3. The first-order valence-corrected chi connectivity index (χ1v) is 7.43. The summed E-state index contributed by atoms with van der Waals surface area (Å²) in [5.41, 5.74) is 2.17. The van der Waals surface area contributed by atoms with Crippen molar-refractivity contribution in [3.05, 3.63) is 71.9 Å². The molecule has 0 amide bonds. The summed E-state index contributed by atoms with van der Waals surface area (Å²) in [4.78, 5) is 16.1. The van der Waals surface area contributed by atoms with Crippen LogP contribution in [0, 0.1) is 0 Å². The van der Waals surface area contributed by atoms with E-state index in [4.69, 9.17) is 9.47 Å². The predicted octanol–water partition coefficient (Wildman–Crippen LogP) is 3.64. The number of methoxy groups -OCH3 is 1. The number of nitrogens with zero attached hydrogens (tertiary/aromatic N) is 1. The van der Waals surface area contributed by atoms with Gasteiger partial charge in [0.05, 0.1) is 19.2 Å². The molecule has 0 saturated heterocycles. The van der Waals surface area contributed by atoms with Gasteiger partial charge in [0.2, 0.25) is 0 Å². The Morgan fingerprint density at radius 1 is 1.04 bits per heavy atom. The van der Waals surface area contributed by atoms with Crippen LogP contribution in [0.3, 0.4) is 0 Å². The van der Waals surface area contributed by atoms with Gasteiger partial charge >= 0.3 is 5.97 Å². The van der Waals surface area contributed by atoms with Crippen molar-refractivity contribution in [2.45, 2.75) is 6.42 Å². The van der Waals surface area contributed by atoms with Crippen molar-refractivity contribution in [3.8, 4) is 5.75 Å². The molecule has 4 heteroatoms. The molecule has 2 aromatic carbocycles. The lowest BCUT2D eigenvalue weighted by Crippen LogP contribution is -2.07. The number of carbonyl (C=O) groups is 1. The Morgan fingerprint density at radius 2 is 1.78 bits per heavy atom. The average molecular weight is 307 g/mol. The van der Waals surface area contributed by atoms with Gasteiger partial charge in [0, 0.05) is 17.9 Å². The molecule has 0 aliphatic rings. The van der Waals surface area contributed by atoms with Crippen LogP contribution in [0.5, 0.6) is 5.75 Å². The Morgan fingerprint density at radius 3 is 2.57 bits per heavy atom. The minimum atomic E-state index is -0.469. The zero-order chi connectivity index (χ0) is 16.1. The van der Waals surface area contributed by atoms with Crippen LogP contribution in [0.25, 0.3) is 10.9 Å². The summed E-state index contributed by atoms with van der Waals surface area (Å²) >= 11 is 0. The molecule has 3 rings (SSSR count). The second kappa shape index (κ2) is 6.92. The van der Waals surface area contributed by atoms with Crippen molar-refractivity contribution in [2.24, 2.45) is 0 Å². The maximum Gasteiger partial charge on any atom is 0.356 e. The van der Waals surface area contributed by atoms with Crippen LogP contribution in [0.4, 0.5) is 0 Å². The van der Waals surface area contributed by atoms with E-state index in [1.807, 2.05) is 42.5 Å². The van der Waals surface area contributed by atoms with Gasteiger partial charge in [0.25, 0.3) is 0 Å². The largest absolute Gasteiger partial charge is 0.492 e. The van der Waals surface area contributed by atoms with E-state index in [0.29, 0.717) is 17.9 Å². The number of hydrogen-bond acceptors (Lipinski definition) is 4. The highest BCUT2D eigenvalue weighted by Gasteiger charge is 2.13. The third-order valence-corrected chi connectivity index (χ3v) is 3.56. The summed E-state index contributed by atoms with van der Waals surface area (Å²) in [6, 6.07) is 19.4. The van der Waals surface area contributed by atoms with E-state index in [0.717, 1.165) is 11.8 Å². The number of aromatic nitrogens is 1. The van der Waals surface area contributed by atoms with Crippen LogP contribution in [-0.2, 0) is 11.2 Å². The van der Waals surface area contributed by atoms with Gasteiger partial charge in [0.15, 0.2) is 5.69 Å². The average Bonchev–Trinajstić information content (AvgIpc) is 2.61. The Bertz CT molecular complexity index is 815. The number of esters is 1. The van der Waals surface area contributed by atoms with Crippen LogP contribution < -0.4 is 4.74 Å². The van der Waals surface area contributed by atoms with Crippen LogP contribution in [0.15, 0.2) is 60.7 Å². The Hall–Kier alpha value is -2.88. The van der Waals surface area contributed by atoms with Crippen molar-refractivity contribution in [1.29, 1.82) is 0 Å². The number of ether oxygens (including phenoxy) is 2. The molecule has 23 heavy (non-hydrogen) atoms. The minimum absolute atomic E-state index is 0.251. The van der Waals surface area contributed by atoms with E-state index in [9.17, 15) is 4.79 Å². The van der Waals surface area contributed by atoms with Crippen LogP contribution >= 0.6 is 0 Å². The highest BCUT2D eigenvalue weighted by Crippen LogP contribution is 2.25. The van der Waals surface area contributed by atoms with Gasteiger partial charge in [-0.15, -0.1) is 0 Å². The fourth-order valence-electron chi connectivity index (χ4n) is 2.40. The lowest BCUT2D eigenvalue weighted by Gasteiger charge is -2.11. The van der Waals surface area contributed by atoms with Gasteiger partial charge < -0.3 is 9.47 Å². The fourth-order valence-corrected chi connectivity index (χ4v) is 2.40. The summed E-state index contributed by atoms with van der Waals surface area (Å²) in [7, 11) is 1.34. The quantitative estimate of drug-likeness (QED) is 0.675. The van der Waals surface area contributed by atoms with E-state index in [1.165, 1.54) is 12.7 Å². The maximum absolute atomic E-state index is 11.8. The first-order valence-electron chi connectivity index (χ1n) is 7.43. The van der Waals surface area contributed by atoms with E-state index in [-0.39, 0.29) is 5.69 Å². The van der Waals surface area contributed by atoms with E-state index in [2.05, 4.69) is 17.1 Å². The van der Waals surface area contributed by atoms with Crippen molar-refractivity contribution in [2.75, 3.05) is 13.7 Å². The van der Waals surface area contributed by atoms with Crippen LogP contribution in [0.1, 0.15) is 16.1 Å². The van der Waals surface area contributed by atoms with Crippen molar-refractivity contribution < 1.29 is 14.3 Å². The Balaban J connectivity index is 1.84. The molecular formula is C19H17NO3. The van der Waals surface area contributed by atoms with Crippen LogP contribution in [0.2, 0.25) is 0 Å². The predicted molar refractivity (Wildman–Crippen MR) is 88.7 cm³/mol. The number of para-hydroxylation sites is 1. The topological polar surface area (TPSA) is 48.4 Å². The molecule has 0 aliphatic heterocycles. The summed E-state index contributed by atoms with van der Waals surface area (Å²) < 4.78 is 10.7. The molecule has 0 bridgehead atoms. The van der Waals surface area contributed by atoms with Gasteiger partial charge in [-0.05, 0) is 17.7 Å². The molecule has 0 radical (unpaired) electrons. The number of rotatable bonds is 5. The monoisotopic (exact) mass is 307 g/mol. The second-order valence-electron chi connectivity index (χ2n) is 5.10.